The van der Waals surface area contributed by atoms with Gasteiger partial charge in [-0.2, -0.15) is 4.31 Å². The molecule has 1 aliphatic rings. The third kappa shape index (κ3) is 3.54. The Morgan fingerprint density at radius 3 is 2.60 bits per heavy atom. The van der Waals surface area contributed by atoms with E-state index in [0.717, 1.165) is 19.4 Å². The Balaban J connectivity index is 2.13. The highest BCUT2D eigenvalue weighted by molar-refractivity contribution is 9.10. The molecule has 1 saturated heterocycles. The Hall–Kier alpha value is -0.140. The highest BCUT2D eigenvalue weighted by Crippen LogP contribution is 2.28. The van der Waals surface area contributed by atoms with Crippen molar-refractivity contribution >= 4 is 37.6 Å². The number of sulfonamides is 1. The van der Waals surface area contributed by atoms with Crippen LogP contribution in [0.5, 0.6) is 0 Å². The Morgan fingerprint density at radius 2 is 2.05 bits per heavy atom. The molecular weight excluding hydrogens is 364 g/mol. The maximum absolute atomic E-state index is 12.6. The van der Waals surface area contributed by atoms with Crippen LogP contribution in [0.2, 0.25) is 5.02 Å². The molecule has 1 heterocycles. The van der Waals surface area contributed by atoms with E-state index in [1.807, 2.05) is 7.05 Å². The zero-order chi connectivity index (χ0) is 14.8. The molecule has 0 spiro atoms. The van der Waals surface area contributed by atoms with Crippen molar-refractivity contribution in [3.63, 3.8) is 0 Å². The molecule has 20 heavy (non-hydrogen) atoms. The summed E-state index contributed by atoms with van der Waals surface area (Å²) in [7, 11) is -1.51. The van der Waals surface area contributed by atoms with E-state index < -0.39 is 10.0 Å². The second kappa shape index (κ2) is 6.75. The fourth-order valence-corrected chi connectivity index (χ4v) is 4.42. The molecule has 0 aliphatic carbocycles. The number of hydrogen-bond donors (Lipinski definition) is 1. The Bertz CT molecular complexity index is 572. The number of piperidine rings is 1. The third-order valence-electron chi connectivity index (χ3n) is 3.60. The molecular formula is C13H18BrClN2O2S. The summed E-state index contributed by atoms with van der Waals surface area (Å²) in [5.74, 6) is 0.556. The van der Waals surface area contributed by atoms with E-state index >= 15 is 0 Å². The van der Waals surface area contributed by atoms with Crippen molar-refractivity contribution < 1.29 is 8.42 Å². The molecule has 0 radical (unpaired) electrons. The smallest absolute Gasteiger partial charge is 0.243 e. The molecule has 1 N–H and O–H groups in total. The normalized spacial score (nSPS) is 18.4. The summed E-state index contributed by atoms with van der Waals surface area (Å²) in [6, 6.07) is 4.76. The third-order valence-corrected chi connectivity index (χ3v) is 6.72. The predicted molar refractivity (Wildman–Crippen MR) is 84.6 cm³/mol. The first-order chi connectivity index (χ1) is 9.45. The SMILES string of the molecule is CNCC1CCN(S(=O)(=O)c2ccc(Br)c(Cl)c2)CC1. The summed E-state index contributed by atoms with van der Waals surface area (Å²) in [4.78, 5) is 0.262. The maximum Gasteiger partial charge on any atom is 0.243 e. The molecule has 0 unspecified atom stereocenters. The molecule has 0 bridgehead atoms. The van der Waals surface area contributed by atoms with Crippen LogP contribution in [-0.2, 0) is 10.0 Å². The van der Waals surface area contributed by atoms with Crippen LogP contribution in [0.25, 0.3) is 0 Å². The van der Waals surface area contributed by atoms with Gasteiger partial charge in [0.25, 0.3) is 0 Å². The molecule has 0 atom stereocenters. The molecule has 1 fully saturated rings. The molecule has 0 aromatic heterocycles. The molecule has 112 valence electrons. The van der Waals surface area contributed by atoms with Crippen LogP contribution in [0.3, 0.4) is 0 Å². The van der Waals surface area contributed by atoms with E-state index in [2.05, 4.69) is 21.2 Å². The fraction of sp³-hybridized carbons (Fsp3) is 0.538. The predicted octanol–water partition coefficient (Wildman–Crippen LogP) is 2.72. The molecule has 1 aliphatic heterocycles. The van der Waals surface area contributed by atoms with Crippen molar-refractivity contribution in [1.82, 2.24) is 9.62 Å². The number of nitrogens with one attached hydrogen (secondary N) is 1. The zero-order valence-corrected chi connectivity index (χ0v) is 14.4. The average molecular weight is 382 g/mol. The zero-order valence-electron chi connectivity index (χ0n) is 11.3. The molecule has 0 saturated carbocycles. The van der Waals surface area contributed by atoms with Crippen LogP contribution >= 0.6 is 27.5 Å². The van der Waals surface area contributed by atoms with Crippen LogP contribution in [0.4, 0.5) is 0 Å². The van der Waals surface area contributed by atoms with E-state index in [0.29, 0.717) is 28.5 Å². The number of rotatable bonds is 4. The van der Waals surface area contributed by atoms with Gasteiger partial charge in [-0.3, -0.25) is 0 Å². The first kappa shape index (κ1) is 16.2. The molecule has 0 amide bonds. The maximum atomic E-state index is 12.6. The van der Waals surface area contributed by atoms with Crippen molar-refractivity contribution in [2.45, 2.75) is 17.7 Å². The van der Waals surface area contributed by atoms with Crippen LogP contribution < -0.4 is 5.32 Å². The number of halogens is 2. The Morgan fingerprint density at radius 1 is 1.40 bits per heavy atom. The Kier molecular flexibility index (Phi) is 5.48. The summed E-state index contributed by atoms with van der Waals surface area (Å²) >= 11 is 9.26. The van der Waals surface area contributed by atoms with Crippen LogP contribution in [0.15, 0.2) is 27.6 Å². The quantitative estimate of drug-likeness (QED) is 0.872. The van der Waals surface area contributed by atoms with Crippen LogP contribution in [0.1, 0.15) is 12.8 Å². The topological polar surface area (TPSA) is 49.4 Å². The second-order valence-corrected chi connectivity index (χ2v) is 8.18. The monoisotopic (exact) mass is 380 g/mol. The van der Waals surface area contributed by atoms with Crippen LogP contribution in [-0.4, -0.2) is 39.4 Å². The first-order valence-electron chi connectivity index (χ1n) is 6.55. The van der Waals surface area contributed by atoms with Gasteiger partial charge in [0.15, 0.2) is 0 Å². The van der Waals surface area contributed by atoms with Gasteiger partial charge < -0.3 is 5.32 Å². The second-order valence-electron chi connectivity index (χ2n) is 4.98. The molecule has 2 rings (SSSR count). The first-order valence-corrected chi connectivity index (χ1v) is 9.16. The van der Waals surface area contributed by atoms with Gasteiger partial charge in [-0.05, 0) is 66.5 Å². The van der Waals surface area contributed by atoms with Crippen molar-refractivity contribution in [3.05, 3.63) is 27.7 Å². The lowest BCUT2D eigenvalue weighted by atomic mass is 9.98. The highest BCUT2D eigenvalue weighted by atomic mass is 79.9. The van der Waals surface area contributed by atoms with Gasteiger partial charge in [-0.15, -0.1) is 0 Å². The van der Waals surface area contributed by atoms with E-state index in [4.69, 9.17) is 11.6 Å². The summed E-state index contributed by atoms with van der Waals surface area (Å²) in [5, 5.41) is 3.56. The van der Waals surface area contributed by atoms with Gasteiger partial charge in [0.1, 0.15) is 0 Å². The molecule has 4 nitrogen and oxygen atoms in total. The lowest BCUT2D eigenvalue weighted by molar-refractivity contribution is 0.270. The molecule has 1 aromatic carbocycles. The summed E-state index contributed by atoms with van der Waals surface area (Å²) in [6.07, 6.45) is 1.79. The fourth-order valence-electron chi connectivity index (χ4n) is 2.43. The van der Waals surface area contributed by atoms with Crippen molar-refractivity contribution in [2.75, 3.05) is 26.7 Å². The van der Waals surface area contributed by atoms with Crippen molar-refractivity contribution in [1.29, 1.82) is 0 Å². The van der Waals surface area contributed by atoms with Gasteiger partial charge in [-0.1, -0.05) is 11.6 Å². The minimum Gasteiger partial charge on any atom is -0.319 e. The standard InChI is InChI=1S/C13H18BrClN2O2S/c1-16-9-10-4-6-17(7-5-10)20(18,19)11-2-3-12(14)13(15)8-11/h2-3,8,10,16H,4-7,9H2,1H3. The molecule has 7 heteroatoms. The minimum atomic E-state index is -3.43. The van der Waals surface area contributed by atoms with Crippen molar-refractivity contribution in [3.8, 4) is 0 Å². The Labute approximate surface area is 133 Å². The number of nitrogens with zero attached hydrogens (tertiary/aromatic N) is 1. The average Bonchev–Trinajstić information content (AvgIpc) is 2.43. The largest absolute Gasteiger partial charge is 0.319 e. The molecule has 1 aromatic rings. The van der Waals surface area contributed by atoms with E-state index in [1.54, 1.807) is 16.4 Å². The van der Waals surface area contributed by atoms with Gasteiger partial charge in [0.2, 0.25) is 10.0 Å². The lowest BCUT2D eigenvalue weighted by Gasteiger charge is -2.31. The van der Waals surface area contributed by atoms with Gasteiger partial charge in [0, 0.05) is 17.6 Å². The minimum absolute atomic E-state index is 0.262. The van der Waals surface area contributed by atoms with E-state index in [9.17, 15) is 8.42 Å². The van der Waals surface area contributed by atoms with E-state index in [-0.39, 0.29) is 4.90 Å². The number of hydrogen-bond acceptors (Lipinski definition) is 3. The number of benzene rings is 1. The van der Waals surface area contributed by atoms with Gasteiger partial charge in [0.05, 0.1) is 9.92 Å². The highest BCUT2D eigenvalue weighted by Gasteiger charge is 2.29. The van der Waals surface area contributed by atoms with Crippen LogP contribution in [0, 0.1) is 5.92 Å². The summed E-state index contributed by atoms with van der Waals surface area (Å²) < 4.78 is 27.4. The van der Waals surface area contributed by atoms with Gasteiger partial charge >= 0.3 is 0 Å². The lowest BCUT2D eigenvalue weighted by Crippen LogP contribution is -2.40. The summed E-state index contributed by atoms with van der Waals surface area (Å²) in [5.41, 5.74) is 0. The van der Waals surface area contributed by atoms with E-state index in [1.165, 1.54) is 6.07 Å². The van der Waals surface area contributed by atoms with Gasteiger partial charge in [-0.25, -0.2) is 8.42 Å². The van der Waals surface area contributed by atoms with Crippen molar-refractivity contribution in [2.24, 2.45) is 5.92 Å². The summed E-state index contributed by atoms with van der Waals surface area (Å²) in [6.45, 7) is 2.09.